The van der Waals surface area contributed by atoms with Gasteiger partial charge in [0.05, 0.1) is 17.7 Å². The minimum absolute atomic E-state index is 0.115. The summed E-state index contributed by atoms with van der Waals surface area (Å²) in [5.41, 5.74) is 0. The van der Waals surface area contributed by atoms with Crippen LogP contribution in [0, 0.1) is 0 Å². The summed E-state index contributed by atoms with van der Waals surface area (Å²) < 4.78 is 15.0. The van der Waals surface area contributed by atoms with Crippen LogP contribution >= 0.6 is 0 Å². The molecule has 0 spiro atoms. The van der Waals surface area contributed by atoms with Gasteiger partial charge in [0, 0.05) is 0 Å². The number of hydrogen-bond acceptors (Lipinski definition) is 6. The van der Waals surface area contributed by atoms with E-state index in [-0.39, 0.29) is 12.4 Å². The van der Waals surface area contributed by atoms with Gasteiger partial charge in [-0.3, -0.25) is 14.6 Å². The van der Waals surface area contributed by atoms with Gasteiger partial charge in [-0.1, -0.05) is 0 Å². The van der Waals surface area contributed by atoms with Gasteiger partial charge in [0.1, 0.15) is 6.10 Å². The summed E-state index contributed by atoms with van der Waals surface area (Å²) >= 11 is -1.34. The summed E-state index contributed by atoms with van der Waals surface area (Å²) in [5.74, 6) is 0.164. The summed E-state index contributed by atoms with van der Waals surface area (Å²) in [5, 5.41) is 15.8. The Labute approximate surface area is 59.5 Å². The minimum Gasteiger partial charge on any atom is -0.288 e. The van der Waals surface area contributed by atoms with E-state index in [4.69, 9.17) is 10.4 Å². The molecular weight excluding hydrogens is 162 g/mol. The molecule has 0 bridgehead atoms. The van der Waals surface area contributed by atoms with Crippen molar-refractivity contribution >= 4 is 11.1 Å². The van der Waals surface area contributed by atoms with Gasteiger partial charge in [-0.25, -0.2) is 9.05 Å². The fourth-order valence-electron chi connectivity index (χ4n) is 0.594. The molecule has 10 heavy (non-hydrogen) atoms. The molecule has 1 aliphatic heterocycles. The van der Waals surface area contributed by atoms with Gasteiger partial charge in [0.15, 0.2) is 11.1 Å². The van der Waals surface area contributed by atoms with E-state index in [1.807, 2.05) is 0 Å². The number of rotatable bonds is 2. The number of nitrogens with zero attached hydrogens (tertiary/aromatic N) is 1. The Hall–Kier alpha value is -0.0500. The molecular formula is C3H7NO5S. The Morgan fingerprint density at radius 1 is 1.70 bits per heavy atom. The van der Waals surface area contributed by atoms with Crippen molar-refractivity contribution in [3.63, 3.8) is 0 Å². The van der Waals surface area contributed by atoms with Crippen LogP contribution in [0.2, 0.25) is 0 Å². The fraction of sp³-hybridized carbons (Fsp3) is 1.00. The van der Waals surface area contributed by atoms with Crippen LogP contribution in [0.25, 0.3) is 0 Å². The van der Waals surface area contributed by atoms with Crippen LogP contribution in [0.3, 0.4) is 0 Å². The molecule has 0 aromatic rings. The molecule has 2 atom stereocenters. The molecule has 6 nitrogen and oxygen atoms in total. The summed E-state index contributed by atoms with van der Waals surface area (Å²) in [6.07, 6.45) is -0.532. The monoisotopic (exact) mass is 169 g/mol. The molecule has 0 aromatic heterocycles. The van der Waals surface area contributed by atoms with Gasteiger partial charge < -0.3 is 0 Å². The normalized spacial score (nSPS) is 33.5. The molecule has 7 heteroatoms. The Kier molecular flexibility index (Phi) is 2.72. The third-order valence-electron chi connectivity index (χ3n) is 0.951. The zero-order valence-electron chi connectivity index (χ0n) is 4.97. The first-order valence-corrected chi connectivity index (χ1v) is 3.79. The van der Waals surface area contributed by atoms with Crippen LogP contribution in [0.1, 0.15) is 0 Å². The van der Waals surface area contributed by atoms with Crippen LogP contribution in [0.15, 0.2) is 0 Å². The average Bonchev–Trinajstić information content (AvgIpc) is 2.13. The molecule has 1 fully saturated rings. The second-order valence-corrected chi connectivity index (χ2v) is 2.91. The van der Waals surface area contributed by atoms with Gasteiger partial charge in [0.2, 0.25) is 0 Å². The lowest BCUT2D eigenvalue weighted by molar-refractivity contribution is -0.502. The van der Waals surface area contributed by atoms with Crippen LogP contribution in [0.5, 0.6) is 0 Å². The van der Waals surface area contributed by atoms with Crippen molar-refractivity contribution in [2.45, 2.75) is 6.10 Å². The molecule has 60 valence electrons. The lowest BCUT2D eigenvalue weighted by atomic mass is 10.4. The molecule has 0 radical (unpaired) electrons. The van der Waals surface area contributed by atoms with Crippen molar-refractivity contribution in [2.24, 2.45) is 0 Å². The second kappa shape index (κ2) is 3.37. The van der Waals surface area contributed by atoms with Gasteiger partial charge in [0.25, 0.3) is 0 Å². The first-order valence-electron chi connectivity index (χ1n) is 2.55. The Morgan fingerprint density at radius 2 is 2.40 bits per heavy atom. The van der Waals surface area contributed by atoms with Crippen molar-refractivity contribution < 1.29 is 23.6 Å². The molecule has 1 rings (SSSR count). The van der Waals surface area contributed by atoms with E-state index in [1.54, 1.807) is 0 Å². The van der Waals surface area contributed by atoms with E-state index in [1.165, 1.54) is 0 Å². The second-order valence-electron chi connectivity index (χ2n) is 1.74. The van der Waals surface area contributed by atoms with E-state index >= 15 is 0 Å². The maximum absolute atomic E-state index is 10.5. The molecule has 2 unspecified atom stereocenters. The van der Waals surface area contributed by atoms with E-state index < -0.39 is 22.6 Å². The maximum Gasteiger partial charge on any atom is 0.158 e. The Balaban J connectivity index is 2.24. The van der Waals surface area contributed by atoms with Gasteiger partial charge in [-0.05, 0) is 0 Å². The third kappa shape index (κ3) is 2.29. The Bertz CT molecular complexity index is 139. The predicted octanol–water partition coefficient (Wildman–Crippen LogP) is -0.939. The molecule has 0 saturated carbocycles. The van der Waals surface area contributed by atoms with Gasteiger partial charge >= 0.3 is 0 Å². The fourth-order valence-corrected chi connectivity index (χ4v) is 1.45. The van der Waals surface area contributed by atoms with Crippen LogP contribution < -0.4 is 0 Å². The third-order valence-corrected chi connectivity index (χ3v) is 1.99. The SMILES string of the molecule is O=S1CC(ON(O)O)CO1. The highest BCUT2D eigenvalue weighted by molar-refractivity contribution is 7.80. The Morgan fingerprint density at radius 3 is 2.80 bits per heavy atom. The van der Waals surface area contributed by atoms with Crippen molar-refractivity contribution in [1.29, 1.82) is 0 Å². The van der Waals surface area contributed by atoms with Crippen LogP contribution in [-0.4, -0.2) is 38.5 Å². The topological polar surface area (TPSA) is 79.2 Å². The summed E-state index contributed by atoms with van der Waals surface area (Å²) in [4.78, 5) is 4.31. The zero-order chi connectivity index (χ0) is 7.56. The molecule has 1 saturated heterocycles. The zero-order valence-corrected chi connectivity index (χ0v) is 5.78. The highest BCUT2D eigenvalue weighted by atomic mass is 32.2. The average molecular weight is 169 g/mol. The molecule has 2 N–H and O–H groups in total. The lowest BCUT2D eigenvalue weighted by Gasteiger charge is -2.09. The molecule has 0 amide bonds. The van der Waals surface area contributed by atoms with Crippen molar-refractivity contribution in [3.05, 3.63) is 0 Å². The molecule has 1 aliphatic rings. The number of hydrogen-bond donors (Lipinski definition) is 2. The van der Waals surface area contributed by atoms with Crippen molar-refractivity contribution in [2.75, 3.05) is 12.4 Å². The van der Waals surface area contributed by atoms with E-state index in [0.717, 1.165) is 0 Å². The van der Waals surface area contributed by atoms with Gasteiger partial charge in [-0.2, -0.15) is 0 Å². The van der Waals surface area contributed by atoms with E-state index in [9.17, 15) is 4.21 Å². The van der Waals surface area contributed by atoms with Crippen molar-refractivity contribution in [1.82, 2.24) is 5.39 Å². The highest BCUT2D eigenvalue weighted by Crippen LogP contribution is 2.07. The molecule has 0 aromatic carbocycles. The minimum atomic E-state index is -1.34. The standard InChI is InChI=1S/C3H7NO5S/c5-4(6)9-3-1-8-10(7)2-3/h3,5-6H,1-2H2. The summed E-state index contributed by atoms with van der Waals surface area (Å²) in [7, 11) is 0. The van der Waals surface area contributed by atoms with Crippen LogP contribution in [-0.2, 0) is 20.1 Å². The summed E-state index contributed by atoms with van der Waals surface area (Å²) in [6, 6.07) is 0. The maximum atomic E-state index is 10.5. The largest absolute Gasteiger partial charge is 0.288 e. The highest BCUT2D eigenvalue weighted by Gasteiger charge is 2.24. The molecule has 0 aliphatic carbocycles. The lowest BCUT2D eigenvalue weighted by Crippen LogP contribution is -2.26. The van der Waals surface area contributed by atoms with Gasteiger partial charge in [-0.15, -0.1) is 0 Å². The first-order chi connectivity index (χ1) is 4.68. The van der Waals surface area contributed by atoms with Crippen LogP contribution in [0.4, 0.5) is 0 Å². The predicted molar refractivity (Wildman–Crippen MR) is 29.2 cm³/mol. The smallest absolute Gasteiger partial charge is 0.158 e. The van der Waals surface area contributed by atoms with E-state index in [0.29, 0.717) is 0 Å². The van der Waals surface area contributed by atoms with Crippen molar-refractivity contribution in [3.8, 4) is 0 Å². The molecule has 1 heterocycles. The first kappa shape index (κ1) is 8.05. The summed E-state index contributed by atoms with van der Waals surface area (Å²) in [6.45, 7) is 0.115. The van der Waals surface area contributed by atoms with E-state index in [2.05, 4.69) is 9.02 Å². The quantitative estimate of drug-likeness (QED) is 0.519.